The molecule has 0 aliphatic carbocycles. The Labute approximate surface area is 145 Å². The van der Waals surface area contributed by atoms with Crippen LogP contribution in [-0.2, 0) is 13.6 Å². The van der Waals surface area contributed by atoms with Gasteiger partial charge in [0.25, 0.3) is 5.78 Å². The molecule has 0 amide bonds. The Morgan fingerprint density at radius 3 is 2.68 bits per heavy atom. The molecule has 0 saturated heterocycles. The highest BCUT2D eigenvalue weighted by molar-refractivity contribution is 5.65. The van der Waals surface area contributed by atoms with E-state index in [0.717, 1.165) is 35.7 Å². The number of fused-ring (bicyclic) bond motifs is 1. The van der Waals surface area contributed by atoms with E-state index in [4.69, 9.17) is 0 Å². The van der Waals surface area contributed by atoms with Crippen molar-refractivity contribution in [2.45, 2.75) is 13.5 Å². The molecule has 4 aromatic rings. The van der Waals surface area contributed by atoms with Gasteiger partial charge in [0.05, 0.1) is 11.9 Å². The van der Waals surface area contributed by atoms with Crippen LogP contribution in [0.2, 0.25) is 0 Å². The third-order valence-corrected chi connectivity index (χ3v) is 4.14. The van der Waals surface area contributed by atoms with Gasteiger partial charge in [0.1, 0.15) is 12.1 Å². The van der Waals surface area contributed by atoms with Gasteiger partial charge < -0.3 is 4.90 Å². The van der Waals surface area contributed by atoms with E-state index in [2.05, 4.69) is 50.2 Å². The molecule has 4 rings (SSSR count). The zero-order valence-electron chi connectivity index (χ0n) is 14.2. The highest BCUT2D eigenvalue weighted by Crippen LogP contribution is 2.24. The van der Waals surface area contributed by atoms with Gasteiger partial charge >= 0.3 is 0 Å². The average Bonchev–Trinajstić information content (AvgIpc) is 3.28. The second kappa shape index (κ2) is 6.35. The van der Waals surface area contributed by atoms with Crippen LogP contribution in [0, 0.1) is 0 Å². The number of rotatable bonds is 5. The summed E-state index contributed by atoms with van der Waals surface area (Å²) in [6.07, 6.45) is 5.46. The van der Waals surface area contributed by atoms with E-state index in [1.807, 2.05) is 42.3 Å². The van der Waals surface area contributed by atoms with Crippen LogP contribution in [0.1, 0.15) is 12.5 Å². The summed E-state index contributed by atoms with van der Waals surface area (Å²) < 4.78 is 3.60. The molecule has 0 aliphatic heterocycles. The molecule has 0 atom stereocenters. The smallest absolute Gasteiger partial charge is 0.254 e. The van der Waals surface area contributed by atoms with Crippen LogP contribution in [-0.4, -0.2) is 35.9 Å². The van der Waals surface area contributed by atoms with E-state index in [0.29, 0.717) is 5.78 Å². The van der Waals surface area contributed by atoms with Gasteiger partial charge in [-0.3, -0.25) is 4.68 Å². The van der Waals surface area contributed by atoms with Crippen molar-refractivity contribution in [3.05, 3.63) is 60.7 Å². The number of benzene rings is 1. The van der Waals surface area contributed by atoms with Gasteiger partial charge in [0.2, 0.25) is 0 Å². The Hall–Kier alpha value is -3.22. The number of hydrogen-bond acceptors (Lipinski definition) is 5. The number of anilines is 1. The van der Waals surface area contributed by atoms with E-state index in [1.54, 1.807) is 10.8 Å². The van der Waals surface area contributed by atoms with Gasteiger partial charge in [0.15, 0.2) is 0 Å². The molecule has 0 saturated carbocycles. The number of aryl methyl sites for hydroxylation is 1. The summed E-state index contributed by atoms with van der Waals surface area (Å²) in [5.41, 5.74) is 3.10. The maximum absolute atomic E-state index is 4.64. The predicted octanol–water partition coefficient (Wildman–Crippen LogP) is 2.55. The second-order valence-corrected chi connectivity index (χ2v) is 5.87. The summed E-state index contributed by atoms with van der Waals surface area (Å²) in [7, 11) is 1.93. The molecule has 25 heavy (non-hydrogen) atoms. The molecule has 0 fully saturated rings. The van der Waals surface area contributed by atoms with Crippen molar-refractivity contribution >= 4 is 11.6 Å². The Kier molecular flexibility index (Phi) is 3.89. The lowest BCUT2D eigenvalue weighted by molar-refractivity contribution is 0.760. The maximum Gasteiger partial charge on any atom is 0.254 e. The first-order valence-electron chi connectivity index (χ1n) is 8.23. The van der Waals surface area contributed by atoms with Gasteiger partial charge in [-0.05, 0) is 6.92 Å². The van der Waals surface area contributed by atoms with Crippen molar-refractivity contribution in [2.24, 2.45) is 7.05 Å². The van der Waals surface area contributed by atoms with Crippen molar-refractivity contribution in [3.8, 4) is 11.3 Å². The lowest BCUT2D eigenvalue weighted by atomic mass is 10.1. The number of aromatic nitrogens is 6. The number of hydrogen-bond donors (Lipinski definition) is 0. The Morgan fingerprint density at radius 1 is 1.12 bits per heavy atom. The molecule has 3 heterocycles. The molecule has 0 spiro atoms. The first-order valence-corrected chi connectivity index (χ1v) is 8.23. The standard InChI is InChI=1S/C18H19N7/c1-3-24(12-14-10-20-23(2)11-14)17-9-16(15-7-5-4-6-8-15)22-18-19-13-21-25(17)18/h4-11,13H,3,12H2,1-2H3. The minimum Gasteiger partial charge on any atom is -0.352 e. The lowest BCUT2D eigenvalue weighted by Crippen LogP contribution is -2.24. The normalized spacial score (nSPS) is 11.1. The van der Waals surface area contributed by atoms with E-state index >= 15 is 0 Å². The summed E-state index contributed by atoms with van der Waals surface area (Å²) in [5, 5.41) is 8.61. The topological polar surface area (TPSA) is 64.1 Å². The van der Waals surface area contributed by atoms with Crippen LogP contribution in [0.25, 0.3) is 17.0 Å². The van der Waals surface area contributed by atoms with Crippen LogP contribution in [0.4, 0.5) is 5.82 Å². The highest BCUT2D eigenvalue weighted by Gasteiger charge is 2.15. The third kappa shape index (κ3) is 2.96. The zero-order valence-corrected chi connectivity index (χ0v) is 14.2. The summed E-state index contributed by atoms with van der Waals surface area (Å²) >= 11 is 0. The van der Waals surface area contributed by atoms with Gasteiger partial charge in [-0.25, -0.2) is 4.98 Å². The molecule has 0 bridgehead atoms. The fourth-order valence-corrected chi connectivity index (χ4v) is 2.91. The van der Waals surface area contributed by atoms with Crippen LogP contribution in [0.3, 0.4) is 0 Å². The van der Waals surface area contributed by atoms with Crippen molar-refractivity contribution in [1.29, 1.82) is 0 Å². The van der Waals surface area contributed by atoms with Gasteiger partial charge in [0, 0.05) is 43.5 Å². The molecule has 7 heteroatoms. The maximum atomic E-state index is 4.64. The number of nitrogens with zero attached hydrogens (tertiary/aromatic N) is 7. The monoisotopic (exact) mass is 333 g/mol. The minimum atomic E-state index is 0.598. The summed E-state index contributed by atoms with van der Waals surface area (Å²) in [6, 6.07) is 12.2. The van der Waals surface area contributed by atoms with E-state index < -0.39 is 0 Å². The lowest BCUT2D eigenvalue weighted by Gasteiger charge is -2.23. The Bertz CT molecular complexity index is 987. The third-order valence-electron chi connectivity index (χ3n) is 4.14. The van der Waals surface area contributed by atoms with Crippen molar-refractivity contribution in [1.82, 2.24) is 29.4 Å². The predicted molar refractivity (Wildman–Crippen MR) is 96.2 cm³/mol. The fraction of sp³-hybridized carbons (Fsp3) is 0.222. The van der Waals surface area contributed by atoms with E-state index in [-0.39, 0.29) is 0 Å². The molecule has 7 nitrogen and oxygen atoms in total. The van der Waals surface area contributed by atoms with E-state index in [9.17, 15) is 0 Å². The first-order chi connectivity index (χ1) is 12.2. The molecule has 1 aromatic carbocycles. The van der Waals surface area contributed by atoms with Crippen LogP contribution < -0.4 is 4.90 Å². The quantitative estimate of drug-likeness (QED) is 0.561. The van der Waals surface area contributed by atoms with Crippen molar-refractivity contribution in [2.75, 3.05) is 11.4 Å². The molecule has 126 valence electrons. The summed E-state index contributed by atoms with van der Waals surface area (Å²) in [6.45, 7) is 3.71. The molecular weight excluding hydrogens is 314 g/mol. The Morgan fingerprint density at radius 2 is 1.96 bits per heavy atom. The Balaban J connectivity index is 1.80. The van der Waals surface area contributed by atoms with Crippen molar-refractivity contribution < 1.29 is 0 Å². The largest absolute Gasteiger partial charge is 0.352 e. The molecule has 0 unspecified atom stereocenters. The highest BCUT2D eigenvalue weighted by atomic mass is 15.4. The molecular formula is C18H19N7. The summed E-state index contributed by atoms with van der Waals surface area (Å²) in [5.74, 6) is 1.56. The summed E-state index contributed by atoms with van der Waals surface area (Å²) in [4.78, 5) is 11.2. The SMILES string of the molecule is CCN(Cc1cnn(C)c1)c1cc(-c2ccccc2)nc2ncnn12. The zero-order chi connectivity index (χ0) is 17.2. The van der Waals surface area contributed by atoms with E-state index in [1.165, 1.54) is 0 Å². The van der Waals surface area contributed by atoms with Crippen LogP contribution in [0.5, 0.6) is 0 Å². The van der Waals surface area contributed by atoms with Gasteiger partial charge in [-0.15, -0.1) is 0 Å². The molecule has 0 radical (unpaired) electrons. The first kappa shape index (κ1) is 15.3. The molecule has 0 N–H and O–H groups in total. The average molecular weight is 333 g/mol. The molecule has 0 aliphatic rings. The second-order valence-electron chi connectivity index (χ2n) is 5.87. The van der Waals surface area contributed by atoms with Gasteiger partial charge in [-0.1, -0.05) is 30.3 Å². The fourth-order valence-electron chi connectivity index (χ4n) is 2.91. The van der Waals surface area contributed by atoms with Crippen LogP contribution >= 0.6 is 0 Å². The van der Waals surface area contributed by atoms with Crippen LogP contribution in [0.15, 0.2) is 55.1 Å². The molecule has 3 aromatic heterocycles. The van der Waals surface area contributed by atoms with Gasteiger partial charge in [-0.2, -0.15) is 19.7 Å². The minimum absolute atomic E-state index is 0.598. The van der Waals surface area contributed by atoms with Crippen molar-refractivity contribution in [3.63, 3.8) is 0 Å².